The van der Waals surface area contributed by atoms with Crippen LogP contribution < -0.4 is 11.4 Å². The molecule has 9 heteroatoms. The van der Waals surface area contributed by atoms with E-state index in [1.165, 1.54) is 38.9 Å². The van der Waals surface area contributed by atoms with Crippen molar-refractivity contribution in [1.29, 1.82) is 0 Å². The Kier molecular flexibility index (Phi) is 16.9. The Bertz CT molecular complexity index is 1240. The average molecular weight is 633 g/mol. The van der Waals surface area contributed by atoms with Gasteiger partial charge in [0.05, 0.1) is 12.4 Å². The van der Waals surface area contributed by atoms with Crippen LogP contribution in [0.25, 0.3) is 0 Å². The van der Waals surface area contributed by atoms with Gasteiger partial charge >= 0.3 is 11.4 Å². The van der Waals surface area contributed by atoms with Crippen molar-refractivity contribution in [1.82, 2.24) is 18.3 Å². The van der Waals surface area contributed by atoms with Gasteiger partial charge in [-0.05, 0) is 82.5 Å². The predicted molar refractivity (Wildman–Crippen MR) is 184 cm³/mol. The van der Waals surface area contributed by atoms with Crippen molar-refractivity contribution in [3.63, 3.8) is 0 Å². The van der Waals surface area contributed by atoms with Gasteiger partial charge in [-0.3, -0.25) is 18.3 Å². The highest BCUT2D eigenvalue weighted by Crippen LogP contribution is 2.38. The molecule has 258 valence electrons. The molecule has 0 aromatic carbocycles. The Hall–Kier alpha value is -2.68. The van der Waals surface area contributed by atoms with Crippen LogP contribution in [0.3, 0.4) is 0 Å². The Morgan fingerprint density at radius 3 is 1.47 bits per heavy atom. The first-order chi connectivity index (χ1) is 21.6. The highest BCUT2D eigenvalue weighted by Gasteiger charge is 2.25. The number of hydrogen-bond donors (Lipinski definition) is 2. The molecule has 0 bridgehead atoms. The number of nitrogens with zero attached hydrogens (tertiary/aromatic N) is 4. The lowest BCUT2D eigenvalue weighted by atomic mass is 9.74. The number of rotatable bonds is 26. The monoisotopic (exact) mass is 632 g/mol. The molecule has 0 aliphatic rings. The van der Waals surface area contributed by atoms with Crippen LogP contribution in [0.1, 0.15) is 131 Å². The molecule has 0 amide bonds. The Labute approximate surface area is 271 Å². The molecule has 0 spiro atoms. The molecule has 9 nitrogen and oxygen atoms in total. The number of imidazole rings is 2. The van der Waals surface area contributed by atoms with Gasteiger partial charge in [0.15, 0.2) is 0 Å². The van der Waals surface area contributed by atoms with Crippen LogP contribution in [0.5, 0.6) is 11.8 Å². The zero-order valence-corrected chi connectivity index (χ0v) is 29.2. The lowest BCUT2D eigenvalue weighted by molar-refractivity contribution is 0.116. The largest absolute Gasteiger partial charge is 0.493 e. The van der Waals surface area contributed by atoms with Gasteiger partial charge < -0.3 is 14.9 Å². The summed E-state index contributed by atoms with van der Waals surface area (Å²) in [7, 11) is 0. The van der Waals surface area contributed by atoms with E-state index in [9.17, 15) is 19.8 Å². The number of unbranched alkanes of at least 4 members (excludes halogenated alkanes) is 4. The number of ether oxygens (including phenoxy) is 1. The second-order valence-electron chi connectivity index (χ2n) is 13.0. The summed E-state index contributed by atoms with van der Waals surface area (Å²) < 4.78 is 12.1. The summed E-state index contributed by atoms with van der Waals surface area (Å²) >= 11 is 0. The maximum Gasteiger partial charge on any atom is 0.331 e. The van der Waals surface area contributed by atoms with Gasteiger partial charge in [-0.25, -0.2) is 9.59 Å². The van der Waals surface area contributed by atoms with E-state index in [1.54, 1.807) is 4.57 Å². The van der Waals surface area contributed by atoms with Gasteiger partial charge in [0.2, 0.25) is 11.8 Å². The van der Waals surface area contributed by atoms with E-state index in [2.05, 4.69) is 33.4 Å². The number of aromatic hydroxyl groups is 2. The highest BCUT2D eigenvalue weighted by atomic mass is 16.5. The first kappa shape index (κ1) is 38.5. The van der Waals surface area contributed by atoms with E-state index >= 15 is 0 Å². The minimum atomic E-state index is -0.136. The van der Waals surface area contributed by atoms with Crippen LogP contribution in [0.2, 0.25) is 0 Å². The van der Waals surface area contributed by atoms with E-state index in [4.69, 9.17) is 4.74 Å². The predicted octanol–water partition coefficient (Wildman–Crippen LogP) is 7.85. The Morgan fingerprint density at radius 2 is 1.09 bits per heavy atom. The van der Waals surface area contributed by atoms with E-state index in [0.717, 1.165) is 96.7 Å². The fraction of sp³-hybridized carbons (Fsp3) is 0.778. The molecule has 2 N–H and O–H groups in total. The standard InChI is InChI=1S/C36H64N4O5/c1-7-35(8-2,21-13-17-25-39-31(41)29-37(11-5)33(39)43)23-15-19-27-45-28-20-16-24-36(9-3,10-4)22-14-18-26-40-32(42)30-38(12-6)34(40)44/h7,29-30,41-42H,1,8-28H2,2-6H3. The van der Waals surface area contributed by atoms with Crippen molar-refractivity contribution in [3.05, 3.63) is 46.0 Å². The van der Waals surface area contributed by atoms with Gasteiger partial charge in [0, 0.05) is 39.4 Å². The summed E-state index contributed by atoms with van der Waals surface area (Å²) in [4.78, 5) is 24.7. The van der Waals surface area contributed by atoms with Crippen molar-refractivity contribution in [2.45, 2.75) is 157 Å². The number of aromatic nitrogens is 4. The lowest BCUT2D eigenvalue weighted by Gasteiger charge is -2.32. The van der Waals surface area contributed by atoms with Crippen molar-refractivity contribution in [3.8, 4) is 11.8 Å². The molecule has 0 saturated carbocycles. The van der Waals surface area contributed by atoms with E-state index in [0.29, 0.717) is 31.6 Å². The fourth-order valence-corrected chi connectivity index (χ4v) is 6.82. The number of hydrogen-bond acceptors (Lipinski definition) is 5. The van der Waals surface area contributed by atoms with E-state index < -0.39 is 0 Å². The van der Waals surface area contributed by atoms with Crippen LogP contribution in [-0.4, -0.2) is 41.7 Å². The van der Waals surface area contributed by atoms with Gasteiger partial charge in [0.25, 0.3) is 0 Å². The molecule has 2 heterocycles. The highest BCUT2D eigenvalue weighted by molar-refractivity contribution is 5.06. The van der Waals surface area contributed by atoms with Crippen LogP contribution in [0, 0.1) is 10.8 Å². The van der Waals surface area contributed by atoms with Gasteiger partial charge in [-0.1, -0.05) is 65.4 Å². The van der Waals surface area contributed by atoms with Crippen molar-refractivity contribution < 1.29 is 14.9 Å². The Morgan fingerprint density at radius 1 is 0.667 bits per heavy atom. The molecule has 1 atom stereocenters. The molecule has 0 aliphatic heterocycles. The summed E-state index contributed by atoms with van der Waals surface area (Å²) in [6.45, 7) is 18.7. The van der Waals surface area contributed by atoms with Crippen molar-refractivity contribution >= 4 is 0 Å². The Balaban J connectivity index is 1.62. The molecule has 1 unspecified atom stereocenters. The normalized spacial score (nSPS) is 13.4. The first-order valence-corrected chi connectivity index (χ1v) is 17.8. The van der Waals surface area contributed by atoms with E-state index in [1.807, 2.05) is 13.8 Å². The minimum absolute atomic E-state index is 0.0507. The van der Waals surface area contributed by atoms with E-state index in [-0.39, 0.29) is 28.6 Å². The first-order valence-electron chi connectivity index (χ1n) is 17.8. The van der Waals surface area contributed by atoms with Crippen LogP contribution >= 0.6 is 0 Å². The third kappa shape index (κ3) is 11.3. The molecule has 2 rings (SSSR count). The topological polar surface area (TPSA) is 104 Å². The summed E-state index contributed by atoms with van der Waals surface area (Å²) in [5.74, 6) is 0.117. The second kappa shape index (κ2) is 19.7. The smallest absolute Gasteiger partial charge is 0.331 e. The quantitative estimate of drug-likeness (QED) is 0.0812. The van der Waals surface area contributed by atoms with Crippen LogP contribution in [0.15, 0.2) is 34.6 Å². The average Bonchev–Trinajstić information content (AvgIpc) is 3.49. The second-order valence-corrected chi connectivity index (χ2v) is 13.0. The number of aryl methyl sites for hydroxylation is 2. The van der Waals surface area contributed by atoms with Crippen molar-refractivity contribution in [2.24, 2.45) is 10.8 Å². The minimum Gasteiger partial charge on any atom is -0.493 e. The van der Waals surface area contributed by atoms with Gasteiger partial charge in [-0.15, -0.1) is 6.58 Å². The summed E-state index contributed by atoms with van der Waals surface area (Å²) in [6.07, 6.45) is 21.3. The van der Waals surface area contributed by atoms with Crippen LogP contribution in [-0.2, 0) is 30.9 Å². The molecule has 45 heavy (non-hydrogen) atoms. The van der Waals surface area contributed by atoms with Crippen LogP contribution in [0.4, 0.5) is 0 Å². The molecule has 2 aromatic rings. The molecule has 0 fully saturated rings. The number of allylic oxidation sites excluding steroid dienone is 1. The van der Waals surface area contributed by atoms with Crippen molar-refractivity contribution in [2.75, 3.05) is 13.2 Å². The third-order valence-corrected chi connectivity index (χ3v) is 10.5. The van der Waals surface area contributed by atoms with Gasteiger partial charge in [0.1, 0.15) is 0 Å². The lowest BCUT2D eigenvalue weighted by Crippen LogP contribution is -2.24. The zero-order chi connectivity index (χ0) is 33.3. The zero-order valence-electron chi connectivity index (χ0n) is 29.2. The summed E-state index contributed by atoms with van der Waals surface area (Å²) in [6, 6.07) is 0. The summed E-state index contributed by atoms with van der Waals surface area (Å²) in [5.41, 5.74) is 0.198. The maximum atomic E-state index is 12.3. The molecular weight excluding hydrogens is 568 g/mol. The van der Waals surface area contributed by atoms with Gasteiger partial charge in [-0.2, -0.15) is 0 Å². The molecule has 0 aliphatic carbocycles. The maximum absolute atomic E-state index is 12.3. The molecular formula is C36H64N4O5. The third-order valence-electron chi connectivity index (χ3n) is 10.5. The molecule has 2 aromatic heterocycles. The summed E-state index contributed by atoms with van der Waals surface area (Å²) in [5, 5.41) is 20.2. The fourth-order valence-electron chi connectivity index (χ4n) is 6.82. The molecule has 0 saturated heterocycles. The molecule has 0 radical (unpaired) electrons. The SMILES string of the molecule is C=CC(CC)(CCCCOCCCCC(CC)(CC)CCCCn1c(O)cn(CC)c1=O)CCCCn1c(O)cn(CC)c1=O.